The van der Waals surface area contributed by atoms with Gasteiger partial charge in [-0.2, -0.15) is 0 Å². The summed E-state index contributed by atoms with van der Waals surface area (Å²) in [5.74, 6) is 0. The number of benzene rings is 4. The molecule has 144 valence electrons. The summed E-state index contributed by atoms with van der Waals surface area (Å²) >= 11 is 0.674. The summed E-state index contributed by atoms with van der Waals surface area (Å²) in [4.78, 5) is 5.05. The second-order valence-electron chi connectivity index (χ2n) is 7.96. The van der Waals surface area contributed by atoms with Gasteiger partial charge in [-0.05, 0) is 0 Å². The summed E-state index contributed by atoms with van der Waals surface area (Å²) in [6, 6.07) is 35.7. The SMILES string of the molecule is c1ccc2c(c1)[Se]c1cccc3c1B2c1cccc(-c2ccc4ccccc4n2)c1[Se]3. The second-order valence-corrected chi connectivity index (χ2v) is 12.4. The van der Waals surface area contributed by atoms with E-state index in [0.717, 1.165) is 11.2 Å². The quantitative estimate of drug-likeness (QED) is 0.284. The van der Waals surface area contributed by atoms with E-state index in [1.807, 2.05) is 0 Å². The van der Waals surface area contributed by atoms with Gasteiger partial charge in [0.05, 0.1) is 0 Å². The molecule has 0 aliphatic carbocycles. The third kappa shape index (κ3) is 2.73. The molecule has 4 aromatic carbocycles. The standard InChI is InChI=1S/C27H16BNSe2/c1-3-11-21-17(7-1)15-16-22(29-21)18-8-5-10-20-27(18)31-25-14-6-13-24-26(25)28(20)19-9-2-4-12-23(19)30-24/h1-16H. The van der Waals surface area contributed by atoms with E-state index in [4.69, 9.17) is 4.98 Å². The number of rotatable bonds is 1. The molecule has 5 aromatic rings. The summed E-state index contributed by atoms with van der Waals surface area (Å²) in [5.41, 5.74) is 8.03. The van der Waals surface area contributed by atoms with Crippen molar-refractivity contribution in [1.29, 1.82) is 0 Å². The molecule has 0 unspecified atom stereocenters. The van der Waals surface area contributed by atoms with Crippen LogP contribution in [0, 0.1) is 0 Å². The van der Waals surface area contributed by atoms with Crippen LogP contribution in [-0.4, -0.2) is 41.6 Å². The van der Waals surface area contributed by atoms with Gasteiger partial charge >= 0.3 is 195 Å². The van der Waals surface area contributed by atoms with E-state index >= 15 is 0 Å². The first-order valence-corrected chi connectivity index (χ1v) is 13.9. The zero-order chi connectivity index (χ0) is 20.4. The Labute approximate surface area is 194 Å². The van der Waals surface area contributed by atoms with E-state index < -0.39 is 0 Å². The number of hydrogen-bond donors (Lipinski definition) is 0. The van der Waals surface area contributed by atoms with Crippen LogP contribution in [0.4, 0.5) is 0 Å². The molecule has 0 fully saturated rings. The van der Waals surface area contributed by atoms with Crippen molar-refractivity contribution in [2.75, 3.05) is 0 Å². The monoisotopic (exact) mass is 525 g/mol. The van der Waals surface area contributed by atoms with E-state index in [1.165, 1.54) is 30.8 Å². The van der Waals surface area contributed by atoms with Crippen molar-refractivity contribution in [3.63, 3.8) is 0 Å². The molecule has 2 aliphatic heterocycles. The van der Waals surface area contributed by atoms with Crippen LogP contribution in [-0.2, 0) is 0 Å². The van der Waals surface area contributed by atoms with Gasteiger partial charge in [-0.1, -0.05) is 0 Å². The molecule has 0 saturated heterocycles. The topological polar surface area (TPSA) is 12.9 Å². The molecule has 0 amide bonds. The molecular formula is C27H16BNSe2. The molecule has 2 aliphatic rings. The summed E-state index contributed by atoms with van der Waals surface area (Å²) in [7, 11) is 0. The third-order valence-corrected chi connectivity index (χ3v) is 11.2. The van der Waals surface area contributed by atoms with E-state index in [9.17, 15) is 0 Å². The van der Waals surface area contributed by atoms with Crippen molar-refractivity contribution < 1.29 is 0 Å². The number of hydrogen-bond acceptors (Lipinski definition) is 1. The number of para-hydroxylation sites is 1. The van der Waals surface area contributed by atoms with Crippen molar-refractivity contribution in [3.8, 4) is 11.3 Å². The van der Waals surface area contributed by atoms with Crippen LogP contribution in [0.5, 0.6) is 0 Å². The fraction of sp³-hybridized carbons (Fsp3) is 0. The molecule has 0 spiro atoms. The molecule has 7 rings (SSSR count). The van der Waals surface area contributed by atoms with Gasteiger partial charge in [-0.3, -0.25) is 0 Å². The molecule has 31 heavy (non-hydrogen) atoms. The molecule has 3 heterocycles. The van der Waals surface area contributed by atoms with Gasteiger partial charge in [0.1, 0.15) is 0 Å². The first-order chi connectivity index (χ1) is 15.4. The molecule has 1 nitrogen and oxygen atoms in total. The Kier molecular flexibility index (Phi) is 4.04. The van der Waals surface area contributed by atoms with Crippen molar-refractivity contribution in [2.45, 2.75) is 0 Å². The summed E-state index contributed by atoms with van der Waals surface area (Å²) in [5, 5.41) is 1.19. The van der Waals surface area contributed by atoms with Crippen LogP contribution in [0.25, 0.3) is 22.2 Å². The van der Waals surface area contributed by atoms with E-state index in [0.29, 0.717) is 21.7 Å². The van der Waals surface area contributed by atoms with Crippen molar-refractivity contribution in [1.82, 2.24) is 4.98 Å². The fourth-order valence-electron chi connectivity index (χ4n) is 4.82. The Balaban J connectivity index is 1.49. The first-order valence-electron chi connectivity index (χ1n) is 10.4. The van der Waals surface area contributed by atoms with Crippen molar-refractivity contribution in [2.24, 2.45) is 0 Å². The summed E-state index contributed by atoms with van der Waals surface area (Å²) in [6.07, 6.45) is 0. The van der Waals surface area contributed by atoms with Crippen molar-refractivity contribution in [3.05, 3.63) is 97.1 Å². The van der Waals surface area contributed by atoms with Crippen LogP contribution >= 0.6 is 0 Å². The summed E-state index contributed by atoms with van der Waals surface area (Å²) in [6.45, 7) is 0.351. The van der Waals surface area contributed by atoms with E-state index in [2.05, 4.69) is 97.1 Å². The van der Waals surface area contributed by atoms with Gasteiger partial charge in [-0.15, -0.1) is 0 Å². The fourth-order valence-corrected chi connectivity index (χ4v) is 10.3. The Morgan fingerprint density at radius 2 is 1.32 bits per heavy atom. The maximum atomic E-state index is 5.05. The normalized spacial score (nSPS) is 13.5. The van der Waals surface area contributed by atoms with Crippen LogP contribution < -0.4 is 34.2 Å². The molecular weight excluding hydrogens is 507 g/mol. The predicted molar refractivity (Wildman–Crippen MR) is 135 cm³/mol. The third-order valence-electron chi connectivity index (χ3n) is 6.21. The second kappa shape index (κ2) is 6.95. The summed E-state index contributed by atoms with van der Waals surface area (Å²) < 4.78 is 6.14. The molecule has 0 N–H and O–H groups in total. The van der Waals surface area contributed by atoms with Gasteiger partial charge in [0.15, 0.2) is 0 Å². The van der Waals surface area contributed by atoms with Crippen LogP contribution in [0.3, 0.4) is 0 Å². The Hall–Kier alpha value is -2.61. The van der Waals surface area contributed by atoms with Crippen LogP contribution in [0.1, 0.15) is 0 Å². The Morgan fingerprint density at radius 3 is 2.29 bits per heavy atom. The minimum atomic E-state index is 0.281. The molecule has 4 heteroatoms. The zero-order valence-electron chi connectivity index (χ0n) is 16.6. The van der Waals surface area contributed by atoms with Crippen LogP contribution in [0.15, 0.2) is 97.1 Å². The van der Waals surface area contributed by atoms with Gasteiger partial charge in [-0.25, -0.2) is 0 Å². The van der Waals surface area contributed by atoms with Gasteiger partial charge in [0.2, 0.25) is 0 Å². The molecule has 0 bridgehead atoms. The number of nitrogens with zero attached hydrogens (tertiary/aromatic N) is 1. The van der Waals surface area contributed by atoms with Gasteiger partial charge < -0.3 is 0 Å². The average molecular weight is 523 g/mol. The molecule has 0 radical (unpaired) electrons. The Morgan fingerprint density at radius 1 is 0.581 bits per heavy atom. The number of aromatic nitrogens is 1. The average Bonchev–Trinajstić information content (AvgIpc) is 2.83. The molecule has 1 aromatic heterocycles. The number of pyridine rings is 1. The van der Waals surface area contributed by atoms with E-state index in [-0.39, 0.29) is 15.0 Å². The zero-order valence-corrected chi connectivity index (χ0v) is 20.0. The minimum absolute atomic E-state index is 0.281. The van der Waals surface area contributed by atoms with Crippen molar-refractivity contribution >= 4 is 81.8 Å². The number of fused-ring (bicyclic) bond motifs is 5. The first kappa shape index (κ1) is 18.0. The van der Waals surface area contributed by atoms with E-state index in [1.54, 1.807) is 14.4 Å². The predicted octanol–water partition coefficient (Wildman–Crippen LogP) is 0.355. The maximum absolute atomic E-state index is 5.05. The Bertz CT molecular complexity index is 1510. The molecule has 0 atom stereocenters. The van der Waals surface area contributed by atoms with Gasteiger partial charge in [0.25, 0.3) is 0 Å². The van der Waals surface area contributed by atoms with Gasteiger partial charge in [0, 0.05) is 0 Å². The van der Waals surface area contributed by atoms with Crippen LogP contribution in [0.2, 0.25) is 0 Å². The molecule has 0 saturated carbocycles.